The lowest BCUT2D eigenvalue weighted by atomic mass is 10.2. The van der Waals surface area contributed by atoms with E-state index < -0.39 is 5.97 Å². The number of aromatic nitrogens is 2. The fourth-order valence-corrected chi connectivity index (χ4v) is 1.94. The predicted octanol–water partition coefficient (Wildman–Crippen LogP) is 1.96. The van der Waals surface area contributed by atoms with Gasteiger partial charge in [-0.15, -0.1) is 0 Å². The van der Waals surface area contributed by atoms with Crippen molar-refractivity contribution < 1.29 is 9.90 Å². The highest BCUT2D eigenvalue weighted by Crippen LogP contribution is 2.33. The number of aliphatic carboxylic acids is 1. The van der Waals surface area contributed by atoms with E-state index in [1.54, 1.807) is 0 Å². The van der Waals surface area contributed by atoms with Gasteiger partial charge in [-0.3, -0.25) is 4.79 Å². The largest absolute Gasteiger partial charge is 0.481 e. The molecule has 3 N–H and O–H groups in total. The number of hydrogen-bond donors (Lipinski definition) is 3. The van der Waals surface area contributed by atoms with Crippen LogP contribution in [0.2, 0.25) is 0 Å². The van der Waals surface area contributed by atoms with Crippen molar-refractivity contribution in [3.05, 3.63) is 12.4 Å². The predicted molar refractivity (Wildman–Crippen MR) is 73.2 cm³/mol. The molecule has 104 valence electrons. The third-order valence-electron chi connectivity index (χ3n) is 3.19. The average Bonchev–Trinajstić information content (AvgIpc) is 3.15. The van der Waals surface area contributed by atoms with Crippen LogP contribution in [-0.2, 0) is 4.79 Å². The normalized spacial score (nSPS) is 20.9. The number of anilines is 2. The Hall–Kier alpha value is -1.85. The molecule has 19 heavy (non-hydrogen) atoms. The Bertz CT molecular complexity index is 438. The van der Waals surface area contributed by atoms with Crippen LogP contribution in [0.1, 0.15) is 32.6 Å². The Balaban J connectivity index is 1.80. The van der Waals surface area contributed by atoms with E-state index in [1.807, 2.05) is 6.07 Å². The van der Waals surface area contributed by atoms with Crippen LogP contribution < -0.4 is 10.6 Å². The summed E-state index contributed by atoms with van der Waals surface area (Å²) in [4.78, 5) is 19.0. The van der Waals surface area contributed by atoms with Gasteiger partial charge in [0, 0.05) is 18.7 Å². The Morgan fingerprint density at radius 2 is 2.21 bits per heavy atom. The molecule has 0 spiro atoms. The van der Waals surface area contributed by atoms with Crippen LogP contribution in [0.5, 0.6) is 0 Å². The molecule has 2 unspecified atom stereocenters. The molecule has 6 nitrogen and oxygen atoms in total. The van der Waals surface area contributed by atoms with E-state index in [1.165, 1.54) is 19.2 Å². The summed E-state index contributed by atoms with van der Waals surface area (Å²) >= 11 is 0. The number of nitrogens with one attached hydrogen (secondary N) is 2. The number of unbranched alkanes of at least 4 members (excludes halogenated alkanes) is 2. The van der Waals surface area contributed by atoms with Gasteiger partial charge in [0.1, 0.15) is 18.0 Å². The number of rotatable bonds is 8. The first-order valence-electron chi connectivity index (χ1n) is 6.76. The summed E-state index contributed by atoms with van der Waals surface area (Å²) in [7, 11) is 0. The van der Waals surface area contributed by atoms with E-state index in [2.05, 4.69) is 27.5 Å². The summed E-state index contributed by atoms with van der Waals surface area (Å²) < 4.78 is 0. The molecule has 1 aromatic rings. The van der Waals surface area contributed by atoms with Crippen LogP contribution in [0.25, 0.3) is 0 Å². The summed E-state index contributed by atoms with van der Waals surface area (Å²) in [6, 6.07) is 1.82. The molecule has 6 heteroatoms. The van der Waals surface area contributed by atoms with E-state index in [0.29, 0.717) is 12.2 Å². The first kappa shape index (κ1) is 13.6. The van der Waals surface area contributed by atoms with Crippen molar-refractivity contribution in [3.63, 3.8) is 0 Å². The molecule has 1 heterocycles. The maximum Gasteiger partial charge on any atom is 0.308 e. The SMILES string of the molecule is CCCCCNc1cc(NC2CC2C(=O)O)ncn1. The number of hydrogen-bond acceptors (Lipinski definition) is 5. The summed E-state index contributed by atoms with van der Waals surface area (Å²) in [5.74, 6) is 0.434. The van der Waals surface area contributed by atoms with Crippen LogP contribution in [0.15, 0.2) is 12.4 Å². The van der Waals surface area contributed by atoms with Crippen LogP contribution in [0.3, 0.4) is 0 Å². The molecule has 2 rings (SSSR count). The third-order valence-corrected chi connectivity index (χ3v) is 3.19. The van der Waals surface area contributed by atoms with Gasteiger partial charge in [0.2, 0.25) is 0 Å². The van der Waals surface area contributed by atoms with Crippen molar-refractivity contribution in [1.29, 1.82) is 0 Å². The molecular formula is C13H20N4O2. The molecule has 2 atom stereocenters. The maximum atomic E-state index is 10.7. The molecule has 0 aromatic carbocycles. The van der Waals surface area contributed by atoms with E-state index in [0.717, 1.165) is 18.8 Å². The molecule has 1 fully saturated rings. The van der Waals surface area contributed by atoms with E-state index in [9.17, 15) is 4.79 Å². The highest BCUT2D eigenvalue weighted by molar-refractivity contribution is 5.75. The monoisotopic (exact) mass is 264 g/mol. The zero-order valence-corrected chi connectivity index (χ0v) is 11.1. The van der Waals surface area contributed by atoms with Crippen LogP contribution >= 0.6 is 0 Å². The van der Waals surface area contributed by atoms with Gasteiger partial charge in [-0.25, -0.2) is 9.97 Å². The van der Waals surface area contributed by atoms with Gasteiger partial charge in [-0.05, 0) is 12.8 Å². The number of carbonyl (C=O) groups is 1. The van der Waals surface area contributed by atoms with Gasteiger partial charge in [-0.1, -0.05) is 19.8 Å². The molecule has 0 radical (unpaired) electrons. The first-order valence-corrected chi connectivity index (χ1v) is 6.76. The summed E-state index contributed by atoms with van der Waals surface area (Å²) in [5, 5.41) is 15.2. The maximum absolute atomic E-state index is 10.7. The molecule has 1 aliphatic rings. The minimum atomic E-state index is -0.746. The molecule has 0 bridgehead atoms. The standard InChI is InChI=1S/C13H20N4O2/c1-2-3-4-5-14-11-7-12(16-8-15-11)17-10-6-9(10)13(18)19/h7-10H,2-6H2,1H3,(H,18,19)(H2,14,15,16,17). The number of carboxylic acid groups (broad SMARTS) is 1. The third kappa shape index (κ3) is 4.08. The van der Waals surface area contributed by atoms with Crippen LogP contribution in [0.4, 0.5) is 11.6 Å². The number of nitrogens with zero attached hydrogens (tertiary/aromatic N) is 2. The highest BCUT2D eigenvalue weighted by Gasteiger charge is 2.43. The van der Waals surface area contributed by atoms with Crippen molar-refractivity contribution >= 4 is 17.6 Å². The second-order valence-corrected chi connectivity index (χ2v) is 4.85. The molecule has 0 aliphatic heterocycles. The zero-order valence-electron chi connectivity index (χ0n) is 11.1. The van der Waals surface area contributed by atoms with Gasteiger partial charge < -0.3 is 15.7 Å². The van der Waals surface area contributed by atoms with Gasteiger partial charge >= 0.3 is 5.97 Å². The van der Waals surface area contributed by atoms with Crippen molar-refractivity contribution in [2.45, 2.75) is 38.6 Å². The summed E-state index contributed by atoms with van der Waals surface area (Å²) in [6.07, 6.45) is 5.66. The summed E-state index contributed by atoms with van der Waals surface area (Å²) in [6.45, 7) is 3.06. The lowest BCUT2D eigenvalue weighted by Crippen LogP contribution is -2.12. The Labute approximate surface area is 112 Å². The second kappa shape index (κ2) is 6.36. The summed E-state index contributed by atoms with van der Waals surface area (Å²) in [5.41, 5.74) is 0. The second-order valence-electron chi connectivity index (χ2n) is 4.85. The minimum Gasteiger partial charge on any atom is -0.481 e. The zero-order chi connectivity index (χ0) is 13.7. The quantitative estimate of drug-likeness (QED) is 0.622. The molecule has 1 aliphatic carbocycles. The van der Waals surface area contributed by atoms with Gasteiger partial charge in [0.05, 0.1) is 5.92 Å². The first-order chi connectivity index (χ1) is 9.20. The minimum absolute atomic E-state index is 0.000316. The molecule has 1 aromatic heterocycles. The van der Waals surface area contributed by atoms with Crippen molar-refractivity contribution in [2.24, 2.45) is 5.92 Å². The Morgan fingerprint density at radius 3 is 2.89 bits per heavy atom. The fourth-order valence-electron chi connectivity index (χ4n) is 1.94. The van der Waals surface area contributed by atoms with Crippen molar-refractivity contribution in [3.8, 4) is 0 Å². The van der Waals surface area contributed by atoms with Crippen LogP contribution in [-0.4, -0.2) is 33.6 Å². The van der Waals surface area contributed by atoms with Crippen molar-refractivity contribution in [2.75, 3.05) is 17.2 Å². The van der Waals surface area contributed by atoms with Gasteiger partial charge in [0.25, 0.3) is 0 Å². The lowest BCUT2D eigenvalue weighted by molar-refractivity contribution is -0.138. The van der Waals surface area contributed by atoms with E-state index in [-0.39, 0.29) is 12.0 Å². The van der Waals surface area contributed by atoms with E-state index >= 15 is 0 Å². The topological polar surface area (TPSA) is 87.1 Å². The molecule has 0 saturated heterocycles. The van der Waals surface area contributed by atoms with Gasteiger partial charge in [-0.2, -0.15) is 0 Å². The Kier molecular flexibility index (Phi) is 4.54. The van der Waals surface area contributed by atoms with Gasteiger partial charge in [0.15, 0.2) is 0 Å². The van der Waals surface area contributed by atoms with E-state index in [4.69, 9.17) is 5.11 Å². The molecule has 1 saturated carbocycles. The smallest absolute Gasteiger partial charge is 0.308 e. The lowest BCUT2D eigenvalue weighted by Gasteiger charge is -2.07. The van der Waals surface area contributed by atoms with Crippen LogP contribution in [0, 0.1) is 5.92 Å². The molecular weight excluding hydrogens is 244 g/mol. The average molecular weight is 264 g/mol. The highest BCUT2D eigenvalue weighted by atomic mass is 16.4. The molecule has 0 amide bonds. The van der Waals surface area contributed by atoms with Crippen molar-refractivity contribution in [1.82, 2.24) is 9.97 Å². The fraction of sp³-hybridized carbons (Fsp3) is 0.615. The Morgan fingerprint density at radius 1 is 1.42 bits per heavy atom. The number of carboxylic acids is 1.